The molecule has 11 heterocycles. The van der Waals surface area contributed by atoms with E-state index in [9.17, 15) is 35.9 Å². The average Bonchev–Trinajstić information content (AvgIpc) is 1.79. The number of carbonyl (C=O) groups excluding carboxylic acids is 2. The highest BCUT2D eigenvalue weighted by Crippen LogP contribution is 2.40. The number of nitrogen functional groups attached to an aromatic ring is 1. The fourth-order valence-corrected chi connectivity index (χ4v) is 9.68. The maximum absolute atomic E-state index is 13.1. The zero-order valence-electron chi connectivity index (χ0n) is 50.1. The van der Waals surface area contributed by atoms with Gasteiger partial charge in [-0.05, 0) is 183 Å². The lowest BCUT2D eigenvalue weighted by atomic mass is 9.80. The van der Waals surface area contributed by atoms with Crippen molar-refractivity contribution in [2.45, 2.75) is 128 Å². The summed E-state index contributed by atoms with van der Waals surface area (Å²) in [6.07, 6.45) is 16.9. The molecule has 89 heavy (non-hydrogen) atoms. The van der Waals surface area contributed by atoms with Gasteiger partial charge in [0.05, 0.1) is 74.7 Å². The molecular formula is C61H68BBr2F6N15O4. The number of hydrogen-bond donors (Lipinski definition) is 4. The summed E-state index contributed by atoms with van der Waals surface area (Å²) in [7, 11) is -0.402. The first-order chi connectivity index (χ1) is 42.0. The van der Waals surface area contributed by atoms with Crippen LogP contribution >= 0.6 is 31.9 Å². The summed E-state index contributed by atoms with van der Waals surface area (Å²) < 4.78 is 88.3. The average molecular weight is 1360 g/mol. The second-order valence-electron chi connectivity index (χ2n) is 23.6. The molecule has 2 saturated carbocycles. The second kappa shape index (κ2) is 27.5. The van der Waals surface area contributed by atoms with E-state index in [1.54, 1.807) is 62.4 Å². The Bertz CT molecular complexity index is 3640. The normalized spacial score (nSPS) is 18.4. The minimum Gasteiger partial charge on any atom is -0.399 e. The van der Waals surface area contributed by atoms with E-state index in [2.05, 4.69) is 92.7 Å². The number of nitrogens with two attached hydrogens (primary N) is 1. The summed E-state index contributed by atoms with van der Waals surface area (Å²) in [6, 6.07) is 16.8. The standard InChI is InChI=1S/C23H22F2N6O.C18H23BN4O2.C11H11BrF2N2O.C6H7BrN2.C3H5F2N/c1-14-17(10-21(32)31-12-23(24,25)13-31)8-18(11-28-14)16-4-6-26-20(9-16)29-19-5-7-27-22(30-19)15-2-3-15;1-17(2)18(3,4)25-19(24-17)13-7-9-20-15(11-13)22-14-8-10-21-16(23-14)12-5-6-12;1-7-8(2-9(12)4-15-7)3-10(17)16-5-11(13,14)6-16;1-4-6(8)2-5(7)3-9-4;4-3(5)1-6-2-3/h4-9,11,15H,2-3,10,12-13H2,1H3,(H,26,27,29,30);7-12H,5-6H2,1-4H3,(H,20,21,22,23);2,4H,3,5-6H2,1H3;2-3H,8H2,1H3;6H,1-2H2. The number of rotatable bonds is 12. The molecule has 0 atom stereocenters. The zero-order valence-corrected chi connectivity index (χ0v) is 53.3. The molecule has 19 nitrogen and oxygen atoms in total. The van der Waals surface area contributed by atoms with Crippen molar-refractivity contribution in [1.82, 2.24) is 60.0 Å². The Hall–Kier alpha value is -7.27. The molecule has 4 aliphatic heterocycles. The summed E-state index contributed by atoms with van der Waals surface area (Å²) in [5.41, 5.74) is 12.0. The molecule has 6 fully saturated rings. The number of hydrogen-bond acceptors (Lipinski definition) is 17. The quantitative estimate of drug-likeness (QED) is 0.0657. The predicted octanol–water partition coefficient (Wildman–Crippen LogP) is 10.8. The molecule has 0 spiro atoms. The van der Waals surface area contributed by atoms with Gasteiger partial charge in [0.2, 0.25) is 11.8 Å². The minimum atomic E-state index is -2.77. The second-order valence-corrected chi connectivity index (χ2v) is 25.4. The smallest absolute Gasteiger partial charge is 0.399 e. The molecule has 0 bridgehead atoms. The Labute approximate surface area is 529 Å². The van der Waals surface area contributed by atoms with E-state index < -0.39 is 51.1 Å². The molecule has 0 radical (unpaired) electrons. The zero-order chi connectivity index (χ0) is 64.1. The number of aromatic nitrogens is 9. The predicted molar refractivity (Wildman–Crippen MR) is 333 cm³/mol. The van der Waals surface area contributed by atoms with Crippen LogP contribution in [-0.4, -0.2) is 142 Å². The Morgan fingerprint density at radius 2 is 1.01 bits per heavy atom. The largest absolute Gasteiger partial charge is 0.495 e. The van der Waals surface area contributed by atoms with Crippen LogP contribution < -0.4 is 27.1 Å². The van der Waals surface area contributed by atoms with Gasteiger partial charge >= 0.3 is 7.12 Å². The van der Waals surface area contributed by atoms with Crippen molar-refractivity contribution < 1.29 is 45.2 Å². The van der Waals surface area contributed by atoms with Crippen LogP contribution in [0.1, 0.15) is 105 Å². The van der Waals surface area contributed by atoms with E-state index in [1.165, 1.54) is 22.6 Å². The van der Waals surface area contributed by atoms with Gasteiger partial charge in [0, 0.05) is 81.1 Å². The first kappa shape index (κ1) is 66.2. The Morgan fingerprint density at radius 3 is 1.46 bits per heavy atom. The van der Waals surface area contributed by atoms with Crippen LogP contribution in [0.4, 0.5) is 55.3 Å². The van der Waals surface area contributed by atoms with Gasteiger partial charge in [-0.3, -0.25) is 24.5 Å². The van der Waals surface area contributed by atoms with Crippen molar-refractivity contribution in [2.75, 3.05) is 55.6 Å². The summed E-state index contributed by atoms with van der Waals surface area (Å²) in [4.78, 5) is 65.5. The highest BCUT2D eigenvalue weighted by Gasteiger charge is 2.52. The molecule has 28 heteroatoms. The molecule has 0 unspecified atom stereocenters. The molecule has 2 aliphatic carbocycles. The first-order valence-electron chi connectivity index (χ1n) is 28.8. The number of halogens is 8. The van der Waals surface area contributed by atoms with Gasteiger partial charge in [0.1, 0.15) is 34.9 Å². The molecule has 5 N–H and O–H groups in total. The van der Waals surface area contributed by atoms with Gasteiger partial charge in [-0.25, -0.2) is 56.2 Å². The molecule has 0 aromatic carbocycles. The monoisotopic (exact) mass is 1360 g/mol. The molecule has 4 saturated heterocycles. The lowest BCUT2D eigenvalue weighted by Gasteiger charge is -2.38. The molecule has 7 aromatic rings. The van der Waals surface area contributed by atoms with Crippen LogP contribution in [0.5, 0.6) is 0 Å². The minimum absolute atomic E-state index is 0.0455. The van der Waals surface area contributed by atoms with Gasteiger partial charge in [-0.15, -0.1) is 0 Å². The number of pyridine rings is 5. The number of alkyl halides is 6. The van der Waals surface area contributed by atoms with Gasteiger partial charge < -0.3 is 40.8 Å². The van der Waals surface area contributed by atoms with E-state index >= 15 is 0 Å². The number of nitrogens with one attached hydrogen (secondary N) is 3. The van der Waals surface area contributed by atoms with Crippen LogP contribution in [0.2, 0.25) is 0 Å². The van der Waals surface area contributed by atoms with E-state index in [0.717, 1.165) is 84.0 Å². The molecule has 7 aromatic heterocycles. The Morgan fingerprint density at radius 1 is 0.573 bits per heavy atom. The number of likely N-dealkylation sites (tertiary alicyclic amines) is 2. The number of anilines is 5. The number of aryl methyl sites for hydroxylation is 3. The van der Waals surface area contributed by atoms with Crippen molar-refractivity contribution in [3.8, 4) is 11.1 Å². The lowest BCUT2D eigenvalue weighted by Crippen LogP contribution is -2.58. The summed E-state index contributed by atoms with van der Waals surface area (Å²) >= 11 is 6.52. The fourth-order valence-electron chi connectivity index (χ4n) is 8.95. The van der Waals surface area contributed by atoms with Gasteiger partial charge in [-0.2, -0.15) is 0 Å². The van der Waals surface area contributed by atoms with Crippen LogP contribution in [0.3, 0.4) is 0 Å². The van der Waals surface area contributed by atoms with Crippen molar-refractivity contribution in [3.63, 3.8) is 0 Å². The number of carbonyl (C=O) groups is 2. The highest BCUT2D eigenvalue weighted by molar-refractivity contribution is 9.10. The van der Waals surface area contributed by atoms with Crippen LogP contribution in [0.15, 0.2) is 107 Å². The van der Waals surface area contributed by atoms with Crippen LogP contribution in [0.25, 0.3) is 11.1 Å². The molecule has 470 valence electrons. The van der Waals surface area contributed by atoms with Crippen LogP contribution in [-0.2, 0) is 31.7 Å². The van der Waals surface area contributed by atoms with Crippen LogP contribution in [0, 0.1) is 20.8 Å². The summed E-state index contributed by atoms with van der Waals surface area (Å²) in [5.74, 6) is -2.93. The molecule has 13 rings (SSSR count). The van der Waals surface area contributed by atoms with E-state index in [1.807, 2.05) is 84.0 Å². The molecular weight excluding hydrogens is 1290 g/mol. The molecule has 6 aliphatic rings. The number of nitrogens with zero attached hydrogens (tertiary/aromatic N) is 11. The van der Waals surface area contributed by atoms with Gasteiger partial charge in [-0.1, -0.05) is 0 Å². The highest BCUT2D eigenvalue weighted by atomic mass is 79.9. The fraction of sp³-hybridized carbons (Fsp3) is 0.426. The maximum Gasteiger partial charge on any atom is 0.495 e. The third-order valence-electron chi connectivity index (χ3n) is 15.4. The maximum atomic E-state index is 13.1. The van der Waals surface area contributed by atoms with E-state index in [0.29, 0.717) is 35.0 Å². The summed E-state index contributed by atoms with van der Waals surface area (Å²) in [6.45, 7) is 11.5. The number of amides is 2. The van der Waals surface area contributed by atoms with Crippen molar-refractivity contribution >= 4 is 85.2 Å². The van der Waals surface area contributed by atoms with E-state index in [-0.39, 0.29) is 48.9 Å². The summed E-state index contributed by atoms with van der Waals surface area (Å²) in [5, 5.41) is 8.93. The molecule has 2 amide bonds. The third-order valence-corrected chi connectivity index (χ3v) is 16.3. The van der Waals surface area contributed by atoms with Crippen molar-refractivity contribution in [2.24, 2.45) is 0 Å². The topological polar surface area (TPSA) is 237 Å². The van der Waals surface area contributed by atoms with Gasteiger partial charge in [0.15, 0.2) is 0 Å². The third kappa shape index (κ3) is 18.4. The Kier molecular flexibility index (Phi) is 20.4. The van der Waals surface area contributed by atoms with Crippen molar-refractivity contribution in [3.05, 3.63) is 147 Å². The lowest BCUT2D eigenvalue weighted by molar-refractivity contribution is -0.165. The SMILES string of the molecule is CC1(C)OB(c2ccnc(Nc3ccnc(C4CC4)n3)c2)OC1(C)C.Cc1ncc(-c2ccnc(Nc3ccnc(C4CC4)n3)c2)cc1CC(=O)N1CC(F)(F)C1.Cc1ncc(Br)cc1CC(=O)N1CC(F)(F)C1.Cc1ncc(Br)cc1N.FC1(F)CNC1. The first-order valence-corrected chi connectivity index (χ1v) is 30.4. The Balaban J connectivity index is 0.000000146. The van der Waals surface area contributed by atoms with E-state index in [4.69, 9.17) is 15.0 Å². The van der Waals surface area contributed by atoms with Crippen molar-refractivity contribution in [1.29, 1.82) is 0 Å². The van der Waals surface area contributed by atoms with Gasteiger partial charge in [0.25, 0.3) is 17.8 Å².